The molecule has 1 rings (SSSR count). The lowest BCUT2D eigenvalue weighted by molar-refractivity contribution is 0.200. The molecule has 0 aliphatic heterocycles. The summed E-state index contributed by atoms with van der Waals surface area (Å²) in [5.74, 6) is 0. The third-order valence-corrected chi connectivity index (χ3v) is 1.54. The predicted octanol–water partition coefficient (Wildman–Crippen LogP) is 0.832. The second-order valence-electron chi connectivity index (χ2n) is 2.55. The Morgan fingerprint density at radius 2 is 2.00 bits per heavy atom. The average molecular weight is 195 g/mol. The number of nitrogens with zero attached hydrogens (tertiary/aromatic N) is 1. The Hall–Kier alpha value is -2.24. The minimum absolute atomic E-state index is 0.130. The normalized spacial score (nSPS) is 9.43. The van der Waals surface area contributed by atoms with Crippen LogP contribution in [0, 0.1) is 0 Å². The number of rotatable bonds is 1. The number of hydrogen-bond donors (Lipinski definition) is 3. The van der Waals surface area contributed by atoms with E-state index in [-0.39, 0.29) is 5.69 Å². The molecule has 0 saturated heterocycles. The highest BCUT2D eigenvalue weighted by molar-refractivity contribution is 6.10. The van der Waals surface area contributed by atoms with Gasteiger partial charge in [-0.05, 0) is 18.2 Å². The standard InChI is InChI=1S/C8H9N3O3/c9-5-2-1-3-6(4-5)11(7(10)12)8(13)14/h1-4H,9H2,(H2,10,12)(H,13,14). The van der Waals surface area contributed by atoms with Crippen molar-refractivity contribution in [3.63, 3.8) is 0 Å². The molecule has 0 bridgehead atoms. The zero-order valence-corrected chi connectivity index (χ0v) is 7.18. The average Bonchev–Trinajstić information content (AvgIpc) is 2.02. The summed E-state index contributed by atoms with van der Waals surface area (Å²) in [6.45, 7) is 0. The first kappa shape index (κ1) is 9.85. The van der Waals surface area contributed by atoms with Gasteiger partial charge in [-0.25, -0.2) is 9.59 Å². The molecule has 0 fully saturated rings. The van der Waals surface area contributed by atoms with Gasteiger partial charge < -0.3 is 16.6 Å². The van der Waals surface area contributed by atoms with Gasteiger partial charge in [-0.15, -0.1) is 0 Å². The van der Waals surface area contributed by atoms with Gasteiger partial charge in [0.2, 0.25) is 0 Å². The van der Waals surface area contributed by atoms with E-state index in [1.54, 1.807) is 6.07 Å². The lowest BCUT2D eigenvalue weighted by Crippen LogP contribution is -2.39. The molecule has 14 heavy (non-hydrogen) atoms. The van der Waals surface area contributed by atoms with E-state index in [0.717, 1.165) is 0 Å². The van der Waals surface area contributed by atoms with Crippen molar-refractivity contribution in [2.75, 3.05) is 10.6 Å². The van der Waals surface area contributed by atoms with E-state index in [0.29, 0.717) is 10.6 Å². The lowest BCUT2D eigenvalue weighted by atomic mass is 10.2. The van der Waals surface area contributed by atoms with Gasteiger partial charge in [0.25, 0.3) is 0 Å². The first-order valence-electron chi connectivity index (χ1n) is 3.70. The molecule has 6 heteroatoms. The topological polar surface area (TPSA) is 110 Å². The predicted molar refractivity (Wildman–Crippen MR) is 50.9 cm³/mol. The third kappa shape index (κ3) is 1.92. The van der Waals surface area contributed by atoms with Crippen LogP contribution >= 0.6 is 0 Å². The maximum absolute atomic E-state index is 10.8. The Morgan fingerprint density at radius 1 is 1.36 bits per heavy atom. The summed E-state index contributed by atoms with van der Waals surface area (Å²) in [5.41, 5.74) is 10.8. The number of nitrogen functional groups attached to an aromatic ring is 1. The van der Waals surface area contributed by atoms with E-state index < -0.39 is 12.1 Å². The summed E-state index contributed by atoms with van der Waals surface area (Å²) in [5, 5.41) is 8.67. The minimum atomic E-state index is -1.44. The lowest BCUT2D eigenvalue weighted by Gasteiger charge is -2.14. The molecule has 6 nitrogen and oxygen atoms in total. The molecular weight excluding hydrogens is 186 g/mol. The summed E-state index contributed by atoms with van der Waals surface area (Å²) in [4.78, 5) is 21.8. The molecule has 74 valence electrons. The van der Waals surface area contributed by atoms with Gasteiger partial charge in [-0.2, -0.15) is 4.90 Å². The second kappa shape index (κ2) is 3.65. The highest BCUT2D eigenvalue weighted by Crippen LogP contribution is 2.17. The summed E-state index contributed by atoms with van der Waals surface area (Å²) in [6, 6.07) is 4.81. The fourth-order valence-electron chi connectivity index (χ4n) is 0.996. The number of benzene rings is 1. The van der Waals surface area contributed by atoms with E-state index in [4.69, 9.17) is 16.6 Å². The van der Waals surface area contributed by atoms with Crippen molar-refractivity contribution in [2.45, 2.75) is 0 Å². The first-order valence-corrected chi connectivity index (χ1v) is 3.70. The van der Waals surface area contributed by atoms with Crippen LogP contribution in [0.5, 0.6) is 0 Å². The quantitative estimate of drug-likeness (QED) is 0.576. The number of amides is 3. The van der Waals surface area contributed by atoms with Crippen LogP contribution < -0.4 is 16.4 Å². The van der Waals surface area contributed by atoms with Crippen molar-refractivity contribution >= 4 is 23.5 Å². The fraction of sp³-hybridized carbons (Fsp3) is 0. The maximum atomic E-state index is 10.8. The van der Waals surface area contributed by atoms with E-state index in [9.17, 15) is 9.59 Å². The molecular formula is C8H9N3O3. The van der Waals surface area contributed by atoms with Gasteiger partial charge >= 0.3 is 12.1 Å². The summed E-state index contributed by atoms with van der Waals surface area (Å²) >= 11 is 0. The number of carboxylic acid groups (broad SMARTS) is 1. The largest absolute Gasteiger partial charge is 0.464 e. The van der Waals surface area contributed by atoms with Crippen LogP contribution in [0.4, 0.5) is 21.0 Å². The van der Waals surface area contributed by atoms with Gasteiger partial charge in [0.05, 0.1) is 5.69 Å². The molecule has 0 heterocycles. The van der Waals surface area contributed by atoms with E-state index in [1.807, 2.05) is 0 Å². The Bertz CT molecular complexity index is 364. The smallest absolute Gasteiger partial charge is 0.420 e. The molecule has 3 amide bonds. The monoisotopic (exact) mass is 195 g/mol. The molecule has 0 saturated carbocycles. The van der Waals surface area contributed by atoms with Crippen molar-refractivity contribution in [3.8, 4) is 0 Å². The molecule has 1 aromatic rings. The fourth-order valence-corrected chi connectivity index (χ4v) is 0.996. The Morgan fingerprint density at radius 3 is 2.43 bits per heavy atom. The van der Waals surface area contributed by atoms with E-state index in [2.05, 4.69) is 0 Å². The molecule has 0 unspecified atom stereocenters. The van der Waals surface area contributed by atoms with Crippen molar-refractivity contribution in [1.29, 1.82) is 0 Å². The molecule has 0 aliphatic carbocycles. The number of nitrogens with two attached hydrogens (primary N) is 2. The van der Waals surface area contributed by atoms with Gasteiger partial charge in [-0.1, -0.05) is 6.07 Å². The number of carbonyl (C=O) groups excluding carboxylic acids is 1. The van der Waals surface area contributed by atoms with Crippen LogP contribution in [0.15, 0.2) is 24.3 Å². The number of primary amides is 1. The zero-order chi connectivity index (χ0) is 10.7. The Labute approximate surface area is 79.7 Å². The van der Waals surface area contributed by atoms with Crippen LogP contribution in [0.1, 0.15) is 0 Å². The number of anilines is 2. The Balaban J connectivity index is 3.12. The van der Waals surface area contributed by atoms with Crippen molar-refractivity contribution in [2.24, 2.45) is 5.73 Å². The molecule has 0 aromatic heterocycles. The van der Waals surface area contributed by atoms with Crippen LogP contribution in [-0.2, 0) is 0 Å². The molecule has 0 atom stereocenters. The molecule has 1 aromatic carbocycles. The summed E-state index contributed by atoms with van der Waals surface area (Å²) in [7, 11) is 0. The summed E-state index contributed by atoms with van der Waals surface area (Å²) in [6.07, 6.45) is -1.44. The van der Waals surface area contributed by atoms with Gasteiger partial charge in [0, 0.05) is 5.69 Å². The van der Waals surface area contributed by atoms with Crippen molar-refractivity contribution in [1.82, 2.24) is 0 Å². The second-order valence-corrected chi connectivity index (χ2v) is 2.55. The number of imide groups is 1. The first-order chi connectivity index (χ1) is 6.52. The van der Waals surface area contributed by atoms with E-state index >= 15 is 0 Å². The molecule has 0 spiro atoms. The van der Waals surface area contributed by atoms with Crippen molar-refractivity contribution in [3.05, 3.63) is 24.3 Å². The molecule has 0 aliphatic rings. The van der Waals surface area contributed by atoms with Gasteiger partial charge in [0.1, 0.15) is 0 Å². The summed E-state index contributed by atoms with van der Waals surface area (Å²) < 4.78 is 0. The number of hydrogen-bond acceptors (Lipinski definition) is 3. The Kier molecular flexibility index (Phi) is 2.57. The molecule has 5 N–H and O–H groups in total. The van der Waals surface area contributed by atoms with Gasteiger partial charge in [-0.3, -0.25) is 0 Å². The highest BCUT2D eigenvalue weighted by Gasteiger charge is 2.19. The van der Waals surface area contributed by atoms with Crippen LogP contribution in [0.25, 0.3) is 0 Å². The van der Waals surface area contributed by atoms with E-state index in [1.165, 1.54) is 18.2 Å². The zero-order valence-electron chi connectivity index (χ0n) is 7.18. The highest BCUT2D eigenvalue weighted by atomic mass is 16.4. The van der Waals surface area contributed by atoms with Crippen LogP contribution in [0.3, 0.4) is 0 Å². The van der Waals surface area contributed by atoms with Crippen LogP contribution in [-0.4, -0.2) is 17.2 Å². The number of urea groups is 1. The molecule has 0 radical (unpaired) electrons. The third-order valence-electron chi connectivity index (χ3n) is 1.54. The maximum Gasteiger partial charge on any atom is 0.420 e. The van der Waals surface area contributed by atoms with Crippen LogP contribution in [0.2, 0.25) is 0 Å². The minimum Gasteiger partial charge on any atom is -0.464 e. The van der Waals surface area contributed by atoms with Crippen molar-refractivity contribution < 1.29 is 14.7 Å². The van der Waals surface area contributed by atoms with Gasteiger partial charge in [0.15, 0.2) is 0 Å². The number of carbonyl (C=O) groups is 2. The SMILES string of the molecule is NC(=O)N(C(=O)O)c1cccc(N)c1.